The van der Waals surface area contributed by atoms with Crippen molar-refractivity contribution in [2.24, 2.45) is 0 Å². The molecule has 25 heavy (non-hydrogen) atoms. The fraction of sp³-hybridized carbons (Fsp3) is 0.263. The number of carbonyl (C=O) groups excluding carboxylic acids is 2. The standard InChI is InChI=1S/C19H15Cl3O2S/c1-25-17-5-3-2-4-12(17)10-6-15(23)19(16(24)7-10)18-13(21)8-11(20)9-14(18)22/h2-5,8-10,19H,6-7H2,1H3. The first-order valence-electron chi connectivity index (χ1n) is 7.75. The third-order valence-electron chi connectivity index (χ3n) is 4.45. The summed E-state index contributed by atoms with van der Waals surface area (Å²) in [4.78, 5) is 26.7. The van der Waals surface area contributed by atoms with Crippen LogP contribution in [-0.2, 0) is 9.59 Å². The van der Waals surface area contributed by atoms with Crippen molar-refractivity contribution < 1.29 is 9.59 Å². The van der Waals surface area contributed by atoms with E-state index in [4.69, 9.17) is 34.8 Å². The summed E-state index contributed by atoms with van der Waals surface area (Å²) in [5.74, 6) is -1.31. The first-order valence-corrected chi connectivity index (χ1v) is 10.1. The molecule has 0 heterocycles. The van der Waals surface area contributed by atoms with Gasteiger partial charge < -0.3 is 0 Å². The van der Waals surface area contributed by atoms with E-state index in [2.05, 4.69) is 0 Å². The van der Waals surface area contributed by atoms with Gasteiger partial charge in [0.1, 0.15) is 17.5 Å². The van der Waals surface area contributed by atoms with E-state index in [1.807, 2.05) is 30.5 Å². The van der Waals surface area contributed by atoms with Crippen molar-refractivity contribution in [2.75, 3.05) is 6.26 Å². The van der Waals surface area contributed by atoms with Crippen LogP contribution >= 0.6 is 46.6 Å². The first-order chi connectivity index (χ1) is 11.9. The third kappa shape index (κ3) is 3.75. The summed E-state index contributed by atoms with van der Waals surface area (Å²) in [6.07, 6.45) is 2.58. The molecule has 2 aromatic carbocycles. The van der Waals surface area contributed by atoms with Crippen LogP contribution < -0.4 is 0 Å². The first kappa shape index (κ1) is 18.8. The highest BCUT2D eigenvalue weighted by Crippen LogP contribution is 2.43. The second-order valence-electron chi connectivity index (χ2n) is 6.00. The molecule has 6 heteroatoms. The number of benzene rings is 2. The Labute approximate surface area is 165 Å². The van der Waals surface area contributed by atoms with Crippen LogP contribution in [0.25, 0.3) is 0 Å². The molecule has 2 aromatic rings. The molecule has 0 aromatic heterocycles. The van der Waals surface area contributed by atoms with Crippen LogP contribution in [0, 0.1) is 0 Å². The lowest BCUT2D eigenvalue weighted by Crippen LogP contribution is -2.31. The molecule has 0 unspecified atom stereocenters. The van der Waals surface area contributed by atoms with Gasteiger partial charge in [-0.3, -0.25) is 9.59 Å². The van der Waals surface area contributed by atoms with E-state index in [1.54, 1.807) is 11.8 Å². The molecule has 1 fully saturated rings. The molecule has 0 amide bonds. The van der Waals surface area contributed by atoms with Gasteiger partial charge in [0.15, 0.2) is 0 Å². The van der Waals surface area contributed by atoms with Crippen LogP contribution in [0.4, 0.5) is 0 Å². The van der Waals surface area contributed by atoms with Crippen molar-refractivity contribution in [2.45, 2.75) is 29.6 Å². The topological polar surface area (TPSA) is 34.1 Å². The molecule has 1 saturated carbocycles. The zero-order chi connectivity index (χ0) is 18.1. The molecular weight excluding hydrogens is 399 g/mol. The summed E-state index contributed by atoms with van der Waals surface area (Å²) >= 11 is 20.0. The van der Waals surface area contributed by atoms with Crippen LogP contribution in [-0.4, -0.2) is 17.8 Å². The quantitative estimate of drug-likeness (QED) is 0.446. The van der Waals surface area contributed by atoms with E-state index < -0.39 is 5.92 Å². The Morgan fingerprint density at radius 1 is 0.960 bits per heavy atom. The zero-order valence-corrected chi connectivity index (χ0v) is 16.5. The van der Waals surface area contributed by atoms with Gasteiger partial charge in [0.2, 0.25) is 0 Å². The molecule has 2 nitrogen and oxygen atoms in total. The molecule has 3 rings (SSSR count). The Hall–Kier alpha value is -1.00. The number of ketones is 2. The van der Waals surface area contributed by atoms with Gasteiger partial charge >= 0.3 is 0 Å². The molecule has 0 atom stereocenters. The normalized spacial score (nSPS) is 20.8. The predicted molar refractivity (Wildman–Crippen MR) is 104 cm³/mol. The predicted octanol–water partition coefficient (Wildman–Crippen LogP) is 6.17. The minimum atomic E-state index is -0.907. The highest BCUT2D eigenvalue weighted by molar-refractivity contribution is 7.98. The number of carbonyl (C=O) groups is 2. The lowest BCUT2D eigenvalue weighted by molar-refractivity contribution is -0.132. The van der Waals surface area contributed by atoms with E-state index in [0.717, 1.165) is 10.5 Å². The van der Waals surface area contributed by atoms with Crippen LogP contribution in [0.1, 0.15) is 35.8 Å². The molecular formula is C19H15Cl3O2S. The lowest BCUT2D eigenvalue weighted by atomic mass is 9.74. The van der Waals surface area contributed by atoms with Crippen molar-refractivity contribution in [1.82, 2.24) is 0 Å². The van der Waals surface area contributed by atoms with Gasteiger partial charge in [-0.2, -0.15) is 0 Å². The molecule has 0 spiro atoms. The van der Waals surface area contributed by atoms with E-state index in [9.17, 15) is 9.59 Å². The van der Waals surface area contributed by atoms with Gasteiger partial charge in [0.05, 0.1) is 0 Å². The molecule has 130 valence electrons. The Morgan fingerprint density at radius 3 is 2.08 bits per heavy atom. The maximum absolute atomic E-state index is 12.8. The summed E-state index contributed by atoms with van der Waals surface area (Å²) in [6, 6.07) is 10.9. The zero-order valence-electron chi connectivity index (χ0n) is 13.4. The Balaban J connectivity index is 1.94. The van der Waals surface area contributed by atoms with Crippen LogP contribution in [0.15, 0.2) is 41.3 Å². The van der Waals surface area contributed by atoms with Crippen molar-refractivity contribution >= 4 is 58.1 Å². The number of hydrogen-bond donors (Lipinski definition) is 0. The van der Waals surface area contributed by atoms with Gasteiger partial charge in [-0.25, -0.2) is 0 Å². The summed E-state index contributed by atoms with van der Waals surface area (Å²) in [5, 5.41) is 0.889. The maximum atomic E-state index is 12.8. The van der Waals surface area contributed by atoms with Crippen molar-refractivity contribution in [3.8, 4) is 0 Å². The number of rotatable bonds is 3. The van der Waals surface area contributed by atoms with Gasteiger partial charge in [0.25, 0.3) is 0 Å². The molecule has 1 aliphatic carbocycles. The summed E-state index contributed by atoms with van der Waals surface area (Å²) in [6.45, 7) is 0. The largest absolute Gasteiger partial charge is 0.298 e. The Morgan fingerprint density at radius 2 is 1.52 bits per heavy atom. The summed E-state index contributed by atoms with van der Waals surface area (Å²) in [7, 11) is 0. The van der Waals surface area contributed by atoms with E-state index in [0.29, 0.717) is 23.4 Å². The lowest BCUT2D eigenvalue weighted by Gasteiger charge is -2.29. The Kier molecular flexibility index (Phi) is 5.79. The average molecular weight is 414 g/mol. The number of Topliss-reactive ketones (excluding diaryl/α,β-unsaturated/α-hetero) is 2. The minimum Gasteiger partial charge on any atom is -0.298 e. The fourth-order valence-electron chi connectivity index (χ4n) is 3.35. The van der Waals surface area contributed by atoms with E-state index in [-0.39, 0.29) is 27.5 Å². The van der Waals surface area contributed by atoms with Gasteiger partial charge in [0, 0.05) is 38.4 Å². The van der Waals surface area contributed by atoms with Crippen LogP contribution in [0.3, 0.4) is 0 Å². The molecule has 0 N–H and O–H groups in total. The third-order valence-corrected chi connectivity index (χ3v) is 6.11. The molecule has 0 aliphatic heterocycles. The van der Waals surface area contributed by atoms with E-state index in [1.165, 1.54) is 12.1 Å². The second kappa shape index (κ2) is 7.71. The highest BCUT2D eigenvalue weighted by atomic mass is 35.5. The maximum Gasteiger partial charge on any atom is 0.148 e. The summed E-state index contributed by atoms with van der Waals surface area (Å²) < 4.78 is 0. The molecule has 0 saturated heterocycles. The smallest absolute Gasteiger partial charge is 0.148 e. The van der Waals surface area contributed by atoms with Gasteiger partial charge in [-0.15, -0.1) is 11.8 Å². The molecule has 1 aliphatic rings. The number of hydrogen-bond acceptors (Lipinski definition) is 3. The van der Waals surface area contributed by atoms with Crippen molar-refractivity contribution in [3.05, 3.63) is 62.6 Å². The SMILES string of the molecule is CSc1ccccc1C1CC(=O)C(c2c(Cl)cc(Cl)cc2Cl)C(=O)C1. The fourth-order valence-corrected chi connectivity index (χ4v) is 5.07. The Bertz CT molecular complexity index is 809. The minimum absolute atomic E-state index is 0.107. The van der Waals surface area contributed by atoms with Crippen LogP contribution in [0.2, 0.25) is 15.1 Å². The van der Waals surface area contributed by atoms with Crippen molar-refractivity contribution in [3.63, 3.8) is 0 Å². The van der Waals surface area contributed by atoms with Gasteiger partial charge in [-0.1, -0.05) is 53.0 Å². The highest BCUT2D eigenvalue weighted by Gasteiger charge is 2.39. The summed E-state index contributed by atoms with van der Waals surface area (Å²) in [5.41, 5.74) is 1.42. The van der Waals surface area contributed by atoms with Crippen molar-refractivity contribution in [1.29, 1.82) is 0 Å². The average Bonchev–Trinajstić information content (AvgIpc) is 2.56. The number of halogens is 3. The second-order valence-corrected chi connectivity index (χ2v) is 8.09. The molecule has 0 bridgehead atoms. The number of thioether (sulfide) groups is 1. The van der Waals surface area contributed by atoms with E-state index >= 15 is 0 Å². The molecule has 0 radical (unpaired) electrons. The van der Waals surface area contributed by atoms with Crippen LogP contribution in [0.5, 0.6) is 0 Å². The monoisotopic (exact) mass is 412 g/mol. The van der Waals surface area contributed by atoms with Gasteiger partial charge in [-0.05, 0) is 35.9 Å².